The molecule has 0 atom stereocenters. The molecule has 228 valence electrons. The van der Waals surface area contributed by atoms with Gasteiger partial charge in [-0.2, -0.15) is 0 Å². The van der Waals surface area contributed by atoms with Crippen molar-refractivity contribution in [2.24, 2.45) is 11.1 Å². The molecule has 4 N–H and O–H groups in total. The van der Waals surface area contributed by atoms with Crippen molar-refractivity contribution >= 4 is 17.8 Å². The smallest absolute Gasteiger partial charge is 0.339 e. The Kier molecular flexibility index (Phi) is 10.2. The Morgan fingerprint density at radius 3 is 2.18 bits per heavy atom. The second-order valence-electron chi connectivity index (χ2n) is 11.2. The fraction of sp³-hybridized carbons (Fsp3) is 0.314. The summed E-state index contributed by atoms with van der Waals surface area (Å²) in [6.07, 6.45) is 4.37. The Bertz CT molecular complexity index is 1520. The highest BCUT2D eigenvalue weighted by Crippen LogP contribution is 2.37. The van der Waals surface area contributed by atoms with Crippen LogP contribution in [0, 0.1) is 5.41 Å². The zero-order valence-corrected chi connectivity index (χ0v) is 24.8. The molecule has 1 aliphatic heterocycles. The minimum atomic E-state index is -1.05. The van der Waals surface area contributed by atoms with Gasteiger partial charge in [-0.25, -0.2) is 14.8 Å². The van der Waals surface area contributed by atoms with E-state index in [0.29, 0.717) is 76.5 Å². The van der Waals surface area contributed by atoms with Gasteiger partial charge in [-0.1, -0.05) is 72.8 Å². The number of aryl methyl sites for hydroxylation is 2. The van der Waals surface area contributed by atoms with Gasteiger partial charge < -0.3 is 25.8 Å². The molecule has 0 aliphatic carbocycles. The van der Waals surface area contributed by atoms with Gasteiger partial charge >= 0.3 is 5.97 Å². The van der Waals surface area contributed by atoms with E-state index in [2.05, 4.69) is 27.3 Å². The molecule has 1 aromatic heterocycles. The molecule has 9 heteroatoms. The van der Waals surface area contributed by atoms with E-state index in [-0.39, 0.29) is 11.5 Å². The Labute approximate surface area is 258 Å². The van der Waals surface area contributed by atoms with Crippen LogP contribution in [-0.2, 0) is 30.6 Å². The topological polar surface area (TPSA) is 131 Å². The Hall–Kier alpha value is -4.76. The molecule has 4 aromatic rings. The number of benzene rings is 3. The van der Waals surface area contributed by atoms with Gasteiger partial charge in [0.2, 0.25) is 11.9 Å². The summed E-state index contributed by atoms with van der Waals surface area (Å²) in [4.78, 5) is 37.0. The first-order valence-corrected chi connectivity index (χ1v) is 15.1. The molecule has 2 heterocycles. The van der Waals surface area contributed by atoms with Crippen molar-refractivity contribution in [1.82, 2.24) is 15.3 Å². The Morgan fingerprint density at radius 1 is 0.886 bits per heavy atom. The summed E-state index contributed by atoms with van der Waals surface area (Å²) in [7, 11) is 0. The normalized spacial score (nSPS) is 14.2. The van der Waals surface area contributed by atoms with Crippen LogP contribution in [0.15, 0.2) is 91.1 Å². The van der Waals surface area contributed by atoms with E-state index in [1.807, 2.05) is 72.8 Å². The SMILES string of the molecule is NCCOc1ccc(CCc2nc(N3CCC(Cc4ccccc4)(C(=O)NCc4ccccc4)CC3)ncc2C(=O)O)cc1. The predicted octanol–water partition coefficient (Wildman–Crippen LogP) is 4.44. The molecule has 9 nitrogen and oxygen atoms in total. The van der Waals surface area contributed by atoms with E-state index in [4.69, 9.17) is 15.5 Å². The summed E-state index contributed by atoms with van der Waals surface area (Å²) in [5.41, 5.74) is 8.76. The summed E-state index contributed by atoms with van der Waals surface area (Å²) >= 11 is 0. The van der Waals surface area contributed by atoms with Crippen LogP contribution in [0.1, 0.15) is 45.6 Å². The minimum absolute atomic E-state index is 0.0483. The molecule has 1 fully saturated rings. The molecule has 0 spiro atoms. The highest BCUT2D eigenvalue weighted by atomic mass is 16.5. The van der Waals surface area contributed by atoms with Crippen LogP contribution < -0.4 is 20.7 Å². The van der Waals surface area contributed by atoms with Crippen LogP contribution >= 0.6 is 0 Å². The zero-order valence-electron chi connectivity index (χ0n) is 24.8. The summed E-state index contributed by atoms with van der Waals surface area (Å²) in [6.45, 7) is 2.55. The fourth-order valence-corrected chi connectivity index (χ4v) is 5.69. The third-order valence-electron chi connectivity index (χ3n) is 8.21. The highest BCUT2D eigenvalue weighted by molar-refractivity contribution is 5.88. The summed E-state index contributed by atoms with van der Waals surface area (Å²) in [5.74, 6) is 0.241. The number of amides is 1. The number of hydrogen-bond acceptors (Lipinski definition) is 7. The monoisotopic (exact) mass is 593 g/mol. The van der Waals surface area contributed by atoms with E-state index in [1.54, 1.807) is 0 Å². The maximum absolute atomic E-state index is 13.8. The van der Waals surface area contributed by atoms with Gasteiger partial charge in [0.15, 0.2) is 0 Å². The van der Waals surface area contributed by atoms with Crippen molar-refractivity contribution in [2.75, 3.05) is 31.1 Å². The lowest BCUT2D eigenvalue weighted by Crippen LogP contribution is -2.50. The standard InChI is InChI=1S/C35H39N5O4/c36-19-22-44-29-14-11-26(12-15-29)13-16-31-30(32(41)42)25-38-34(39-31)40-20-17-35(18-21-40,23-27-7-3-1-4-8-27)33(43)37-24-28-9-5-2-6-10-28/h1-12,14-15,25H,13,16-24,36H2,(H,37,43)(H,41,42). The first kappa shape index (κ1) is 30.7. The number of nitrogens with two attached hydrogens (primary N) is 1. The molecule has 44 heavy (non-hydrogen) atoms. The number of hydrogen-bond donors (Lipinski definition) is 3. The second-order valence-corrected chi connectivity index (χ2v) is 11.2. The van der Waals surface area contributed by atoms with E-state index in [0.717, 1.165) is 22.4 Å². The van der Waals surface area contributed by atoms with E-state index in [9.17, 15) is 14.7 Å². The fourth-order valence-electron chi connectivity index (χ4n) is 5.69. The van der Waals surface area contributed by atoms with E-state index >= 15 is 0 Å². The van der Waals surface area contributed by atoms with Crippen molar-refractivity contribution in [3.63, 3.8) is 0 Å². The molecule has 1 amide bonds. The summed E-state index contributed by atoms with van der Waals surface area (Å²) in [6, 6.07) is 27.8. The lowest BCUT2D eigenvalue weighted by Gasteiger charge is -2.41. The van der Waals surface area contributed by atoms with Crippen LogP contribution in [0.2, 0.25) is 0 Å². The third-order valence-corrected chi connectivity index (χ3v) is 8.21. The number of aromatic carboxylic acids is 1. The largest absolute Gasteiger partial charge is 0.492 e. The van der Waals surface area contributed by atoms with Crippen molar-refractivity contribution in [2.45, 2.75) is 38.6 Å². The summed E-state index contributed by atoms with van der Waals surface area (Å²) < 4.78 is 5.55. The molecular formula is C35H39N5O4. The maximum atomic E-state index is 13.8. The molecule has 5 rings (SSSR count). The number of carbonyl (C=O) groups is 2. The molecule has 0 unspecified atom stereocenters. The molecule has 0 bridgehead atoms. The first-order chi connectivity index (χ1) is 21.5. The Balaban J connectivity index is 1.29. The van der Waals surface area contributed by atoms with Gasteiger partial charge in [-0.15, -0.1) is 0 Å². The van der Waals surface area contributed by atoms with E-state index < -0.39 is 11.4 Å². The quantitative estimate of drug-likeness (QED) is 0.207. The molecule has 0 saturated carbocycles. The van der Waals surface area contributed by atoms with Gasteiger partial charge in [-0.3, -0.25) is 4.79 Å². The average Bonchev–Trinajstić information content (AvgIpc) is 3.07. The lowest BCUT2D eigenvalue weighted by molar-refractivity contribution is -0.132. The number of ether oxygens (including phenoxy) is 1. The molecule has 1 saturated heterocycles. The second kappa shape index (κ2) is 14.6. The predicted molar refractivity (Wildman–Crippen MR) is 170 cm³/mol. The Morgan fingerprint density at radius 2 is 1.55 bits per heavy atom. The third kappa shape index (κ3) is 7.79. The van der Waals surface area contributed by atoms with Gasteiger partial charge in [0.05, 0.1) is 16.7 Å². The number of rotatable bonds is 13. The number of aromatic nitrogens is 2. The molecule has 3 aromatic carbocycles. The van der Waals surface area contributed by atoms with Gasteiger partial charge in [0.25, 0.3) is 0 Å². The number of anilines is 1. The number of piperidine rings is 1. The van der Waals surface area contributed by atoms with Crippen LogP contribution in [0.5, 0.6) is 5.75 Å². The molecule has 0 radical (unpaired) electrons. The minimum Gasteiger partial charge on any atom is -0.492 e. The van der Waals surface area contributed by atoms with Crippen molar-refractivity contribution in [3.05, 3.63) is 119 Å². The highest BCUT2D eigenvalue weighted by Gasteiger charge is 2.42. The van der Waals surface area contributed by atoms with Crippen LogP contribution in [0.3, 0.4) is 0 Å². The average molecular weight is 594 g/mol. The number of nitrogens with one attached hydrogen (secondary N) is 1. The van der Waals surface area contributed by atoms with Crippen LogP contribution in [-0.4, -0.2) is 53.2 Å². The van der Waals surface area contributed by atoms with Crippen molar-refractivity contribution < 1.29 is 19.4 Å². The van der Waals surface area contributed by atoms with Crippen molar-refractivity contribution in [3.8, 4) is 5.75 Å². The van der Waals surface area contributed by atoms with E-state index in [1.165, 1.54) is 6.20 Å². The maximum Gasteiger partial charge on any atom is 0.339 e. The summed E-state index contributed by atoms with van der Waals surface area (Å²) in [5, 5.41) is 13.0. The van der Waals surface area contributed by atoms with Crippen LogP contribution in [0.4, 0.5) is 5.95 Å². The number of carboxylic acids is 1. The number of nitrogens with zero attached hydrogens (tertiary/aromatic N) is 3. The molecule has 1 aliphatic rings. The number of carboxylic acid groups (broad SMARTS) is 1. The van der Waals surface area contributed by atoms with Gasteiger partial charge in [0.1, 0.15) is 12.4 Å². The molecular weight excluding hydrogens is 554 g/mol. The van der Waals surface area contributed by atoms with Crippen LogP contribution in [0.25, 0.3) is 0 Å². The number of carbonyl (C=O) groups excluding carboxylic acids is 1. The van der Waals surface area contributed by atoms with Gasteiger partial charge in [0, 0.05) is 32.4 Å². The first-order valence-electron chi connectivity index (χ1n) is 15.1. The van der Waals surface area contributed by atoms with Gasteiger partial charge in [-0.05, 0) is 60.9 Å². The van der Waals surface area contributed by atoms with Crippen molar-refractivity contribution in [1.29, 1.82) is 0 Å². The lowest BCUT2D eigenvalue weighted by atomic mass is 9.73. The zero-order chi connectivity index (χ0) is 30.8.